The van der Waals surface area contributed by atoms with Gasteiger partial charge in [-0.25, -0.2) is 0 Å². The quantitative estimate of drug-likeness (QED) is 0.654. The molecular formula is C15H30O. The van der Waals surface area contributed by atoms with Gasteiger partial charge in [-0.2, -0.15) is 0 Å². The van der Waals surface area contributed by atoms with Crippen LogP contribution in [0.5, 0.6) is 0 Å². The van der Waals surface area contributed by atoms with Crippen LogP contribution < -0.4 is 0 Å². The molecule has 0 spiro atoms. The molecule has 1 fully saturated rings. The summed E-state index contributed by atoms with van der Waals surface area (Å²) >= 11 is 0. The van der Waals surface area contributed by atoms with Gasteiger partial charge in [-0.3, -0.25) is 0 Å². The lowest BCUT2D eigenvalue weighted by atomic mass is 9.62. The van der Waals surface area contributed by atoms with E-state index >= 15 is 0 Å². The van der Waals surface area contributed by atoms with E-state index in [0.29, 0.717) is 16.9 Å². The van der Waals surface area contributed by atoms with Crippen LogP contribution >= 0.6 is 0 Å². The van der Waals surface area contributed by atoms with Crippen LogP contribution in [0.3, 0.4) is 0 Å². The van der Waals surface area contributed by atoms with E-state index < -0.39 is 0 Å². The van der Waals surface area contributed by atoms with Gasteiger partial charge in [0.2, 0.25) is 0 Å². The van der Waals surface area contributed by atoms with E-state index in [1.54, 1.807) is 0 Å². The Kier molecular flexibility index (Phi) is 4.85. The second-order valence-electron chi connectivity index (χ2n) is 6.74. The Morgan fingerprint density at radius 3 is 2.38 bits per heavy atom. The predicted octanol–water partition coefficient (Wildman–Crippen LogP) is 4.80. The van der Waals surface area contributed by atoms with Gasteiger partial charge in [0.1, 0.15) is 0 Å². The van der Waals surface area contributed by atoms with E-state index in [0.717, 1.165) is 6.61 Å². The molecule has 1 aliphatic carbocycles. The molecule has 0 bridgehead atoms. The molecule has 0 aromatic rings. The maximum atomic E-state index is 5.89. The van der Waals surface area contributed by atoms with E-state index in [1.807, 2.05) is 0 Å². The first-order chi connectivity index (χ1) is 7.41. The highest BCUT2D eigenvalue weighted by Gasteiger charge is 2.40. The normalized spacial score (nSPS) is 33.9. The number of ether oxygens (including phenoxy) is 1. The molecule has 2 unspecified atom stereocenters. The highest BCUT2D eigenvalue weighted by atomic mass is 16.5. The fourth-order valence-corrected chi connectivity index (χ4v) is 3.69. The summed E-state index contributed by atoms with van der Waals surface area (Å²) in [6.07, 6.45) is 8.42. The van der Waals surface area contributed by atoms with Crippen molar-refractivity contribution >= 4 is 0 Å². The third kappa shape index (κ3) is 4.08. The molecule has 0 heterocycles. The lowest BCUT2D eigenvalue weighted by Crippen LogP contribution is -2.39. The van der Waals surface area contributed by atoms with Gasteiger partial charge in [0.15, 0.2) is 0 Å². The van der Waals surface area contributed by atoms with Gasteiger partial charge in [-0.15, -0.1) is 0 Å². The van der Waals surface area contributed by atoms with Crippen molar-refractivity contribution in [1.29, 1.82) is 0 Å². The molecule has 1 heteroatoms. The van der Waals surface area contributed by atoms with E-state index in [2.05, 4.69) is 34.6 Å². The fourth-order valence-electron chi connectivity index (χ4n) is 3.69. The van der Waals surface area contributed by atoms with Gasteiger partial charge in [0, 0.05) is 6.61 Å². The Hall–Kier alpha value is -0.0400. The molecule has 96 valence electrons. The average Bonchev–Trinajstić information content (AvgIpc) is 2.12. The van der Waals surface area contributed by atoms with Crippen molar-refractivity contribution in [3.05, 3.63) is 0 Å². The first-order valence-electron chi connectivity index (χ1n) is 7.02. The Morgan fingerprint density at radius 1 is 1.12 bits per heavy atom. The molecule has 0 saturated heterocycles. The Morgan fingerprint density at radius 2 is 1.81 bits per heavy atom. The monoisotopic (exact) mass is 226 g/mol. The van der Waals surface area contributed by atoms with Crippen LogP contribution in [-0.2, 0) is 4.74 Å². The molecule has 1 nitrogen and oxygen atoms in total. The summed E-state index contributed by atoms with van der Waals surface area (Å²) in [6, 6.07) is 0. The molecule has 0 aromatic carbocycles. The van der Waals surface area contributed by atoms with E-state index in [-0.39, 0.29) is 0 Å². The maximum Gasteiger partial charge on any atom is 0.0585 e. The van der Waals surface area contributed by atoms with Crippen molar-refractivity contribution in [3.8, 4) is 0 Å². The van der Waals surface area contributed by atoms with Crippen LogP contribution in [0.1, 0.15) is 73.1 Å². The lowest BCUT2D eigenvalue weighted by Gasteiger charge is -2.46. The highest BCUT2D eigenvalue weighted by Crippen LogP contribution is 2.49. The summed E-state index contributed by atoms with van der Waals surface area (Å²) in [5.41, 5.74) is 0.970. The van der Waals surface area contributed by atoms with Crippen molar-refractivity contribution in [1.82, 2.24) is 0 Å². The summed E-state index contributed by atoms with van der Waals surface area (Å²) in [6.45, 7) is 12.5. The zero-order valence-electron chi connectivity index (χ0n) is 11.9. The minimum atomic E-state index is 0.459. The van der Waals surface area contributed by atoms with Crippen LogP contribution in [0.15, 0.2) is 0 Å². The van der Waals surface area contributed by atoms with Gasteiger partial charge >= 0.3 is 0 Å². The largest absolute Gasteiger partial charge is 0.378 e. The molecule has 16 heavy (non-hydrogen) atoms. The highest BCUT2D eigenvalue weighted by molar-refractivity contribution is 4.92. The molecule has 1 saturated carbocycles. The van der Waals surface area contributed by atoms with Crippen molar-refractivity contribution in [2.75, 3.05) is 6.61 Å². The van der Waals surface area contributed by atoms with E-state index in [9.17, 15) is 0 Å². The topological polar surface area (TPSA) is 9.23 Å². The summed E-state index contributed by atoms with van der Waals surface area (Å²) < 4.78 is 5.89. The molecule has 0 radical (unpaired) electrons. The summed E-state index contributed by atoms with van der Waals surface area (Å²) in [4.78, 5) is 0. The second-order valence-corrected chi connectivity index (χ2v) is 6.74. The van der Waals surface area contributed by atoms with Crippen LogP contribution in [0.25, 0.3) is 0 Å². The third-order valence-electron chi connectivity index (χ3n) is 3.94. The van der Waals surface area contributed by atoms with E-state index in [4.69, 9.17) is 4.74 Å². The number of unbranched alkanes of at least 4 members (excludes halogenated alkanes) is 1. The van der Waals surface area contributed by atoms with Crippen LogP contribution in [0.4, 0.5) is 0 Å². The summed E-state index contributed by atoms with van der Waals surface area (Å²) in [5, 5.41) is 0. The Bertz CT molecular complexity index is 209. The summed E-state index contributed by atoms with van der Waals surface area (Å²) in [5.74, 6) is 0. The second kappa shape index (κ2) is 5.53. The minimum Gasteiger partial charge on any atom is -0.378 e. The first kappa shape index (κ1) is 14.0. The molecule has 1 aliphatic rings. The van der Waals surface area contributed by atoms with Crippen LogP contribution in [0.2, 0.25) is 0 Å². The Labute approximate surface area is 102 Å². The predicted molar refractivity (Wildman–Crippen MR) is 70.7 cm³/mol. The van der Waals surface area contributed by atoms with E-state index in [1.165, 1.54) is 38.5 Å². The zero-order chi connectivity index (χ0) is 12.2. The molecule has 2 atom stereocenters. The van der Waals surface area contributed by atoms with Gasteiger partial charge in [-0.1, -0.05) is 40.5 Å². The molecule has 1 rings (SSSR count). The van der Waals surface area contributed by atoms with Crippen molar-refractivity contribution in [2.45, 2.75) is 79.2 Å². The summed E-state index contributed by atoms with van der Waals surface area (Å²) in [7, 11) is 0. The van der Waals surface area contributed by atoms with Crippen LogP contribution in [0, 0.1) is 10.8 Å². The number of hydrogen-bond donors (Lipinski definition) is 0. The van der Waals surface area contributed by atoms with Crippen molar-refractivity contribution in [3.63, 3.8) is 0 Å². The molecule has 0 amide bonds. The third-order valence-corrected chi connectivity index (χ3v) is 3.94. The average molecular weight is 226 g/mol. The SMILES string of the molecule is CCCCC1(C)CC(OCC)CC(C)(C)C1. The molecule has 0 N–H and O–H groups in total. The molecule has 0 aliphatic heterocycles. The number of hydrogen-bond acceptors (Lipinski definition) is 1. The fraction of sp³-hybridized carbons (Fsp3) is 1.00. The maximum absolute atomic E-state index is 5.89. The molecular weight excluding hydrogens is 196 g/mol. The van der Waals surface area contributed by atoms with Gasteiger partial charge < -0.3 is 4.74 Å². The minimum absolute atomic E-state index is 0.459. The van der Waals surface area contributed by atoms with Crippen molar-refractivity contribution in [2.24, 2.45) is 10.8 Å². The Balaban J connectivity index is 2.63. The lowest BCUT2D eigenvalue weighted by molar-refractivity contribution is -0.0535. The molecule has 0 aromatic heterocycles. The first-order valence-corrected chi connectivity index (χ1v) is 7.02. The zero-order valence-corrected chi connectivity index (χ0v) is 11.9. The van der Waals surface area contributed by atoms with Gasteiger partial charge in [0.25, 0.3) is 0 Å². The van der Waals surface area contributed by atoms with Crippen LogP contribution in [-0.4, -0.2) is 12.7 Å². The standard InChI is InChI=1S/C15H30O/c1-6-8-9-15(5)11-13(16-7-2)10-14(3,4)12-15/h13H,6-12H2,1-5H3. The van der Waals surface area contributed by atoms with Gasteiger partial charge in [0.05, 0.1) is 6.10 Å². The number of rotatable bonds is 5. The smallest absolute Gasteiger partial charge is 0.0585 e. The van der Waals surface area contributed by atoms with Crippen molar-refractivity contribution < 1.29 is 4.74 Å². The van der Waals surface area contributed by atoms with Gasteiger partial charge in [-0.05, 0) is 43.4 Å².